The monoisotopic (exact) mass is 477 g/mol. The van der Waals surface area contributed by atoms with Crippen LogP contribution in [0.3, 0.4) is 0 Å². The molecule has 2 aliphatic rings. The van der Waals surface area contributed by atoms with Crippen molar-refractivity contribution in [2.24, 2.45) is 10.9 Å². The smallest absolute Gasteiger partial charge is 0.226 e. The van der Waals surface area contributed by atoms with Crippen LogP contribution in [0, 0.1) is 5.92 Å². The number of benzene rings is 1. The minimum atomic E-state index is 0.0350. The van der Waals surface area contributed by atoms with Gasteiger partial charge in [-0.1, -0.05) is 0 Å². The molecular formula is C26H31N5O2S. The van der Waals surface area contributed by atoms with E-state index in [9.17, 15) is 4.79 Å². The lowest BCUT2D eigenvalue weighted by molar-refractivity contribution is -0.137. The zero-order chi connectivity index (χ0) is 23.8. The van der Waals surface area contributed by atoms with Gasteiger partial charge in [0.1, 0.15) is 22.7 Å². The summed E-state index contributed by atoms with van der Waals surface area (Å²) in [6.45, 7) is 10.2. The maximum absolute atomic E-state index is 13.2. The molecule has 1 aromatic carbocycles. The first-order valence-corrected chi connectivity index (χ1v) is 12.9. The molecule has 1 atom stereocenters. The molecule has 1 aliphatic heterocycles. The molecule has 1 amide bonds. The van der Waals surface area contributed by atoms with Gasteiger partial charge in [-0.2, -0.15) is 0 Å². The maximum Gasteiger partial charge on any atom is 0.226 e. The first-order valence-electron chi connectivity index (χ1n) is 12.1. The largest absolute Gasteiger partial charge is 0.492 e. The van der Waals surface area contributed by atoms with Crippen LogP contribution in [-0.2, 0) is 24.2 Å². The van der Waals surface area contributed by atoms with Crippen molar-refractivity contribution in [3.8, 4) is 5.75 Å². The van der Waals surface area contributed by atoms with Crippen LogP contribution in [0.5, 0.6) is 5.75 Å². The van der Waals surface area contributed by atoms with Gasteiger partial charge < -0.3 is 15.0 Å². The summed E-state index contributed by atoms with van der Waals surface area (Å²) in [5.41, 5.74) is 4.44. The highest BCUT2D eigenvalue weighted by Crippen LogP contribution is 2.42. The number of hydrogen-bond donors (Lipinski definition) is 1. The Hall–Kier alpha value is -3.00. The first-order chi connectivity index (χ1) is 16.5. The lowest BCUT2D eigenvalue weighted by atomic mass is 9.86. The summed E-state index contributed by atoms with van der Waals surface area (Å²) >= 11 is 1.69. The number of amides is 1. The Kier molecular flexibility index (Phi) is 6.25. The third-order valence-corrected chi connectivity index (χ3v) is 7.89. The summed E-state index contributed by atoms with van der Waals surface area (Å²) in [6, 6.07) is 4.38. The Bertz CT molecular complexity index is 1270. The highest BCUT2D eigenvalue weighted by molar-refractivity contribution is 7.19. The number of carbonyl (C=O) groups excluding carboxylic acids is 1. The molecule has 0 bridgehead atoms. The van der Waals surface area contributed by atoms with Crippen LogP contribution in [0.15, 0.2) is 23.5 Å². The summed E-state index contributed by atoms with van der Waals surface area (Å²) in [6.07, 6.45) is 6.01. The molecular weight excluding hydrogens is 446 g/mol. The van der Waals surface area contributed by atoms with E-state index in [4.69, 9.17) is 4.74 Å². The molecule has 1 aliphatic carbocycles. The van der Waals surface area contributed by atoms with Crippen molar-refractivity contribution in [3.05, 3.63) is 40.0 Å². The molecule has 0 spiro atoms. The number of nitrogens with one attached hydrogen (secondary N) is 1. The van der Waals surface area contributed by atoms with Gasteiger partial charge in [0.05, 0.1) is 24.2 Å². The zero-order valence-electron chi connectivity index (χ0n) is 20.2. The topological polar surface area (TPSA) is 79.7 Å². The average molecular weight is 478 g/mol. The molecule has 0 fully saturated rings. The third kappa shape index (κ3) is 4.04. The van der Waals surface area contributed by atoms with Crippen LogP contribution in [0.1, 0.15) is 55.7 Å². The van der Waals surface area contributed by atoms with Gasteiger partial charge in [-0.05, 0) is 75.8 Å². The fourth-order valence-corrected chi connectivity index (χ4v) is 6.33. The van der Waals surface area contributed by atoms with Gasteiger partial charge in [-0.25, -0.2) is 9.97 Å². The van der Waals surface area contributed by atoms with Crippen LogP contribution < -0.4 is 10.1 Å². The van der Waals surface area contributed by atoms with Gasteiger partial charge in [0.15, 0.2) is 0 Å². The van der Waals surface area contributed by atoms with Gasteiger partial charge >= 0.3 is 0 Å². The number of nitrogens with zero attached hydrogens (tertiary/aromatic N) is 4. The Morgan fingerprint density at radius 3 is 2.91 bits per heavy atom. The van der Waals surface area contributed by atoms with Gasteiger partial charge in [-0.3, -0.25) is 9.79 Å². The number of hydrogen-bond acceptors (Lipinski definition) is 7. The fraction of sp³-hybridized carbons (Fsp3) is 0.462. The lowest BCUT2D eigenvalue weighted by Gasteiger charge is -2.31. The first kappa shape index (κ1) is 22.8. The van der Waals surface area contributed by atoms with E-state index in [0.29, 0.717) is 13.2 Å². The van der Waals surface area contributed by atoms with E-state index < -0.39 is 0 Å². The molecule has 3 aromatic rings. The summed E-state index contributed by atoms with van der Waals surface area (Å²) in [5, 5.41) is 4.61. The van der Waals surface area contributed by atoms with E-state index >= 15 is 0 Å². The number of aromatic nitrogens is 2. The van der Waals surface area contributed by atoms with E-state index in [0.717, 1.165) is 58.8 Å². The molecule has 0 saturated carbocycles. The molecule has 0 radical (unpaired) electrons. The second kappa shape index (κ2) is 9.33. The van der Waals surface area contributed by atoms with Crippen molar-refractivity contribution >= 4 is 45.2 Å². The summed E-state index contributed by atoms with van der Waals surface area (Å²) in [5.74, 6) is 1.90. The Balaban J connectivity index is 1.48. The van der Waals surface area contributed by atoms with E-state index in [2.05, 4.69) is 53.2 Å². The fourth-order valence-electron chi connectivity index (χ4n) is 5.06. The van der Waals surface area contributed by atoms with E-state index in [1.165, 1.54) is 16.0 Å². The molecule has 5 rings (SSSR count). The van der Waals surface area contributed by atoms with Crippen molar-refractivity contribution in [2.45, 2.75) is 59.5 Å². The normalized spacial score (nSPS) is 16.6. The van der Waals surface area contributed by atoms with E-state index in [1.807, 2.05) is 18.0 Å². The molecule has 178 valence electrons. The van der Waals surface area contributed by atoms with Crippen molar-refractivity contribution in [2.75, 3.05) is 18.5 Å². The van der Waals surface area contributed by atoms with Crippen LogP contribution >= 0.6 is 11.3 Å². The van der Waals surface area contributed by atoms with Crippen molar-refractivity contribution in [1.82, 2.24) is 14.9 Å². The molecule has 2 aromatic heterocycles. The summed E-state index contributed by atoms with van der Waals surface area (Å²) in [7, 11) is 0. The quantitative estimate of drug-likeness (QED) is 0.510. The second-order valence-electron chi connectivity index (χ2n) is 9.14. The zero-order valence-corrected chi connectivity index (χ0v) is 21.0. The molecule has 0 saturated heterocycles. The predicted octanol–water partition coefficient (Wildman–Crippen LogP) is 5.13. The number of aliphatic imine (C=N–C) groups is 1. The predicted molar refractivity (Wildman–Crippen MR) is 138 cm³/mol. The van der Waals surface area contributed by atoms with Gasteiger partial charge in [0.2, 0.25) is 5.91 Å². The SMILES string of the molecule is CCOc1cc2c(cc1Nc1ncnc3sc4c(c13)CCC(C(=O)N(CC)C(C)C)C4)C=NC2. The average Bonchev–Trinajstić information content (AvgIpc) is 3.43. The number of rotatable bonds is 7. The Morgan fingerprint density at radius 1 is 1.29 bits per heavy atom. The number of aryl methyl sites for hydroxylation is 1. The molecule has 1 N–H and O–H groups in total. The summed E-state index contributed by atoms with van der Waals surface area (Å²) in [4.78, 5) is 31.0. The number of thiophene rings is 1. The Labute approximate surface area is 204 Å². The standard InChI is InChI=1S/C26H31N5O2S/c1-5-31(15(3)4)26(32)16-7-8-19-22(11-16)34-25-23(19)24(28-14-29-25)30-20-9-17-12-27-13-18(17)10-21(20)33-6-2/h9-10,12,14-16H,5-8,11,13H2,1-4H3,(H,28,29,30). The van der Waals surface area contributed by atoms with Crippen LogP contribution in [-0.4, -0.2) is 46.2 Å². The molecule has 34 heavy (non-hydrogen) atoms. The molecule has 3 heterocycles. The van der Waals surface area contributed by atoms with Crippen molar-refractivity contribution in [3.63, 3.8) is 0 Å². The van der Waals surface area contributed by atoms with Crippen LogP contribution in [0.25, 0.3) is 10.2 Å². The number of anilines is 2. The number of fused-ring (bicyclic) bond motifs is 4. The number of ether oxygens (including phenoxy) is 1. The Morgan fingerprint density at radius 2 is 2.15 bits per heavy atom. The van der Waals surface area contributed by atoms with Crippen molar-refractivity contribution < 1.29 is 9.53 Å². The van der Waals surface area contributed by atoms with Crippen LogP contribution in [0.4, 0.5) is 11.5 Å². The van der Waals surface area contributed by atoms with Crippen LogP contribution in [0.2, 0.25) is 0 Å². The molecule has 1 unspecified atom stereocenters. The van der Waals surface area contributed by atoms with Crippen molar-refractivity contribution in [1.29, 1.82) is 0 Å². The van der Waals surface area contributed by atoms with E-state index in [-0.39, 0.29) is 17.9 Å². The van der Waals surface area contributed by atoms with E-state index in [1.54, 1.807) is 17.7 Å². The van der Waals surface area contributed by atoms with Gasteiger partial charge in [0.25, 0.3) is 0 Å². The molecule has 7 nitrogen and oxygen atoms in total. The van der Waals surface area contributed by atoms with Gasteiger partial charge in [0, 0.05) is 29.6 Å². The molecule has 8 heteroatoms. The van der Waals surface area contributed by atoms with Gasteiger partial charge in [-0.15, -0.1) is 11.3 Å². The lowest BCUT2D eigenvalue weighted by Crippen LogP contribution is -2.42. The minimum absolute atomic E-state index is 0.0350. The highest BCUT2D eigenvalue weighted by Gasteiger charge is 2.32. The highest BCUT2D eigenvalue weighted by atomic mass is 32.1. The maximum atomic E-state index is 13.2. The second-order valence-corrected chi connectivity index (χ2v) is 10.2. The minimum Gasteiger partial charge on any atom is -0.492 e. The number of carbonyl (C=O) groups is 1. The summed E-state index contributed by atoms with van der Waals surface area (Å²) < 4.78 is 5.93. The third-order valence-electron chi connectivity index (χ3n) is 6.73.